The number of aryl methyl sites for hydroxylation is 1. The summed E-state index contributed by atoms with van der Waals surface area (Å²) in [7, 11) is 0. The van der Waals surface area contributed by atoms with Gasteiger partial charge >= 0.3 is 0 Å². The molecule has 0 saturated carbocycles. The van der Waals surface area contributed by atoms with Crippen LogP contribution in [0, 0.1) is 6.92 Å². The highest BCUT2D eigenvalue weighted by atomic mass is 79.9. The molecule has 1 aromatic heterocycles. The van der Waals surface area contributed by atoms with E-state index < -0.39 is 0 Å². The van der Waals surface area contributed by atoms with Crippen LogP contribution >= 0.6 is 43.2 Å². The van der Waals surface area contributed by atoms with Crippen molar-refractivity contribution in [2.24, 2.45) is 5.10 Å². The number of aromatic nitrogens is 1. The zero-order valence-corrected chi connectivity index (χ0v) is 31.8. The molecule has 51 heavy (non-hydrogen) atoms. The molecule has 6 aromatic rings. The number of carbonyl (C=O) groups excluding carboxylic acids is 1. The molecule has 0 atom stereocenters. The van der Waals surface area contributed by atoms with E-state index in [0.29, 0.717) is 42.6 Å². The number of halogens is 2. The van der Waals surface area contributed by atoms with Crippen LogP contribution in [-0.2, 0) is 13.2 Å². The second-order valence-electron chi connectivity index (χ2n) is 11.4. The van der Waals surface area contributed by atoms with Crippen LogP contribution in [-0.4, -0.2) is 23.7 Å². The van der Waals surface area contributed by atoms with Gasteiger partial charge in [-0.3, -0.25) is 4.79 Å². The fourth-order valence-corrected chi connectivity index (χ4v) is 7.15. The largest absolute Gasteiger partial charge is 0.490 e. The first kappa shape index (κ1) is 35.8. The van der Waals surface area contributed by atoms with Gasteiger partial charge in [-0.25, -0.2) is 10.4 Å². The SMILES string of the molecule is CCOc1cc(COc2c(Br)cc(/C=N/NC(=O)c3ccc(-c4csc(Nc5ccc(C)cc5)n4)cc3)cc2Br)ccc1OCc1ccccc1. The number of carbonyl (C=O) groups is 1. The number of amides is 1. The van der Waals surface area contributed by atoms with E-state index >= 15 is 0 Å². The highest BCUT2D eigenvalue weighted by Crippen LogP contribution is 2.36. The van der Waals surface area contributed by atoms with Gasteiger partial charge in [0, 0.05) is 22.2 Å². The Kier molecular flexibility index (Phi) is 12.2. The van der Waals surface area contributed by atoms with E-state index in [1.54, 1.807) is 18.3 Å². The summed E-state index contributed by atoms with van der Waals surface area (Å²) in [4.78, 5) is 17.5. The summed E-state index contributed by atoms with van der Waals surface area (Å²) in [5.74, 6) is 1.66. The maximum absolute atomic E-state index is 12.8. The molecule has 0 spiro atoms. The average Bonchev–Trinajstić information content (AvgIpc) is 3.61. The summed E-state index contributed by atoms with van der Waals surface area (Å²) < 4.78 is 19.5. The van der Waals surface area contributed by atoms with Gasteiger partial charge in [0.2, 0.25) is 0 Å². The Balaban J connectivity index is 1.02. The maximum atomic E-state index is 12.8. The van der Waals surface area contributed by atoms with E-state index in [4.69, 9.17) is 14.2 Å². The van der Waals surface area contributed by atoms with Crippen LogP contribution in [0.5, 0.6) is 17.2 Å². The molecule has 0 aliphatic rings. The second kappa shape index (κ2) is 17.3. The Morgan fingerprint density at radius 1 is 0.824 bits per heavy atom. The van der Waals surface area contributed by atoms with Crippen molar-refractivity contribution in [3.63, 3.8) is 0 Å². The Morgan fingerprint density at radius 3 is 2.27 bits per heavy atom. The first-order valence-electron chi connectivity index (χ1n) is 16.1. The van der Waals surface area contributed by atoms with Gasteiger partial charge < -0.3 is 19.5 Å². The maximum Gasteiger partial charge on any atom is 0.271 e. The molecule has 1 amide bonds. The predicted molar refractivity (Wildman–Crippen MR) is 212 cm³/mol. The molecule has 5 aromatic carbocycles. The lowest BCUT2D eigenvalue weighted by molar-refractivity contribution is 0.0955. The Hall–Kier alpha value is -4.97. The molecule has 8 nitrogen and oxygen atoms in total. The Labute approximate surface area is 317 Å². The zero-order chi connectivity index (χ0) is 35.6. The molecule has 6 rings (SSSR count). The molecule has 0 aliphatic carbocycles. The minimum Gasteiger partial charge on any atom is -0.490 e. The molecule has 0 radical (unpaired) electrons. The third-order valence-corrected chi connectivity index (χ3v) is 9.51. The van der Waals surface area contributed by atoms with Gasteiger partial charge in [-0.2, -0.15) is 5.10 Å². The first-order chi connectivity index (χ1) is 24.8. The molecule has 258 valence electrons. The monoisotopic (exact) mass is 824 g/mol. The van der Waals surface area contributed by atoms with Crippen molar-refractivity contribution in [3.8, 4) is 28.5 Å². The van der Waals surface area contributed by atoms with Crippen LogP contribution in [0.15, 0.2) is 129 Å². The number of nitrogens with one attached hydrogen (secondary N) is 2. The Bertz CT molecular complexity index is 2100. The molecule has 0 unspecified atom stereocenters. The second-order valence-corrected chi connectivity index (χ2v) is 14.0. The van der Waals surface area contributed by atoms with E-state index in [2.05, 4.69) is 71.7 Å². The molecule has 11 heteroatoms. The van der Waals surface area contributed by atoms with Crippen molar-refractivity contribution in [1.82, 2.24) is 10.4 Å². The van der Waals surface area contributed by atoms with Gasteiger partial charge in [0.05, 0.1) is 27.5 Å². The van der Waals surface area contributed by atoms with Crippen molar-refractivity contribution < 1.29 is 19.0 Å². The Morgan fingerprint density at radius 2 is 1.55 bits per heavy atom. The highest BCUT2D eigenvalue weighted by Gasteiger charge is 2.13. The van der Waals surface area contributed by atoms with Gasteiger partial charge in [-0.15, -0.1) is 11.3 Å². The quantitative estimate of drug-likeness (QED) is 0.0839. The van der Waals surface area contributed by atoms with Crippen LogP contribution in [0.2, 0.25) is 0 Å². The van der Waals surface area contributed by atoms with Crippen LogP contribution in [0.3, 0.4) is 0 Å². The minimum absolute atomic E-state index is 0.312. The first-order valence-corrected chi connectivity index (χ1v) is 18.6. The topological polar surface area (TPSA) is 94.1 Å². The number of hydrazone groups is 1. The van der Waals surface area contributed by atoms with E-state index in [1.807, 2.05) is 97.2 Å². The van der Waals surface area contributed by atoms with Crippen LogP contribution in [0.4, 0.5) is 10.8 Å². The summed E-state index contributed by atoms with van der Waals surface area (Å²) in [5, 5.41) is 10.3. The molecule has 0 fully saturated rings. The molecule has 0 saturated heterocycles. The van der Waals surface area contributed by atoms with Crippen molar-refractivity contribution in [2.45, 2.75) is 27.1 Å². The van der Waals surface area contributed by atoms with Gasteiger partial charge in [-0.05, 0) is 111 Å². The lowest BCUT2D eigenvalue weighted by atomic mass is 10.1. The lowest BCUT2D eigenvalue weighted by Gasteiger charge is -2.15. The number of hydrogen-bond donors (Lipinski definition) is 2. The van der Waals surface area contributed by atoms with Crippen LogP contribution < -0.4 is 25.0 Å². The lowest BCUT2D eigenvalue weighted by Crippen LogP contribution is -2.17. The summed E-state index contributed by atoms with van der Waals surface area (Å²) in [6.45, 7) is 5.27. The minimum atomic E-state index is -0.321. The molecule has 1 heterocycles. The summed E-state index contributed by atoms with van der Waals surface area (Å²) in [6.07, 6.45) is 1.58. The molecule has 0 aliphatic heterocycles. The van der Waals surface area contributed by atoms with Crippen molar-refractivity contribution in [3.05, 3.63) is 151 Å². The van der Waals surface area contributed by atoms with E-state index in [9.17, 15) is 4.79 Å². The number of hydrogen-bond acceptors (Lipinski definition) is 8. The normalized spacial score (nSPS) is 11.0. The van der Waals surface area contributed by atoms with E-state index in [-0.39, 0.29) is 5.91 Å². The van der Waals surface area contributed by atoms with Crippen molar-refractivity contribution in [1.29, 1.82) is 0 Å². The smallest absolute Gasteiger partial charge is 0.271 e. The number of nitrogens with zero attached hydrogens (tertiary/aromatic N) is 2. The zero-order valence-electron chi connectivity index (χ0n) is 27.9. The van der Waals surface area contributed by atoms with Gasteiger partial charge in [0.15, 0.2) is 16.6 Å². The van der Waals surface area contributed by atoms with Crippen LogP contribution in [0.25, 0.3) is 11.3 Å². The van der Waals surface area contributed by atoms with E-state index in [0.717, 1.165) is 47.7 Å². The van der Waals surface area contributed by atoms with Crippen molar-refractivity contribution in [2.75, 3.05) is 11.9 Å². The fourth-order valence-electron chi connectivity index (χ4n) is 4.96. The average molecular weight is 827 g/mol. The third-order valence-electron chi connectivity index (χ3n) is 7.58. The highest BCUT2D eigenvalue weighted by molar-refractivity contribution is 9.11. The molecule has 0 bridgehead atoms. The standard InChI is InChI=1S/C40H34Br2N4O4S/c1-3-48-37-21-28(11-18-36(37)49-23-27-7-5-4-6-8-27)24-50-38-33(41)19-29(20-34(38)42)22-43-46-39(47)31-14-12-30(13-15-31)35-25-51-40(45-35)44-32-16-9-26(2)10-17-32/h4-22,25H,3,23-24H2,1-2H3,(H,44,45)(H,46,47)/b43-22+. The number of rotatable bonds is 14. The number of anilines is 2. The summed E-state index contributed by atoms with van der Waals surface area (Å²) in [6, 6.07) is 35.0. The van der Waals surface area contributed by atoms with Gasteiger partial charge in [0.1, 0.15) is 19.0 Å². The fraction of sp³-hybridized carbons (Fsp3) is 0.125. The molecular formula is C40H34Br2N4O4S. The number of benzene rings is 5. The predicted octanol–water partition coefficient (Wildman–Crippen LogP) is 10.7. The van der Waals surface area contributed by atoms with Gasteiger partial charge in [-0.1, -0.05) is 66.2 Å². The molecule has 2 N–H and O–H groups in total. The summed E-state index contributed by atoms with van der Waals surface area (Å²) >= 11 is 8.75. The molecular weight excluding hydrogens is 792 g/mol. The van der Waals surface area contributed by atoms with Gasteiger partial charge in [0.25, 0.3) is 5.91 Å². The van der Waals surface area contributed by atoms with E-state index in [1.165, 1.54) is 16.9 Å². The van der Waals surface area contributed by atoms with Crippen molar-refractivity contribution >= 4 is 66.1 Å². The van der Waals surface area contributed by atoms with Crippen LogP contribution in [0.1, 0.15) is 39.5 Å². The summed E-state index contributed by atoms with van der Waals surface area (Å²) in [5.41, 5.74) is 9.79. The third kappa shape index (κ3) is 9.84. The number of ether oxygens (including phenoxy) is 3. The number of thiazole rings is 1.